The van der Waals surface area contributed by atoms with Gasteiger partial charge in [-0.15, -0.1) is 0 Å². The number of hydrogen-bond donors (Lipinski definition) is 1. The van der Waals surface area contributed by atoms with Gasteiger partial charge in [-0.05, 0) is 32.0 Å². The first-order chi connectivity index (χ1) is 9.17. The zero-order chi connectivity index (χ0) is 13.8. The van der Waals surface area contributed by atoms with Gasteiger partial charge in [0.1, 0.15) is 0 Å². The quantitative estimate of drug-likeness (QED) is 0.911. The van der Waals surface area contributed by atoms with Crippen LogP contribution in [0.2, 0.25) is 0 Å². The van der Waals surface area contributed by atoms with Crippen LogP contribution in [0.4, 0.5) is 0 Å². The fourth-order valence-electron chi connectivity index (χ4n) is 2.30. The van der Waals surface area contributed by atoms with E-state index in [1.165, 1.54) is 5.56 Å². The van der Waals surface area contributed by atoms with Crippen LogP contribution in [0.1, 0.15) is 23.7 Å². The van der Waals surface area contributed by atoms with Gasteiger partial charge in [0.2, 0.25) is 0 Å². The Hall–Kier alpha value is -1.87. The molecule has 0 radical (unpaired) electrons. The van der Waals surface area contributed by atoms with Crippen LogP contribution in [0.25, 0.3) is 5.69 Å². The van der Waals surface area contributed by atoms with Gasteiger partial charge < -0.3 is 9.88 Å². The van der Waals surface area contributed by atoms with Gasteiger partial charge in [0.05, 0.1) is 0 Å². The maximum Gasteiger partial charge on any atom is 0.186 e. The number of para-hydroxylation sites is 1. The molecule has 19 heavy (non-hydrogen) atoms. The molecule has 0 atom stereocenters. The van der Waals surface area contributed by atoms with Crippen molar-refractivity contribution in [2.75, 3.05) is 7.05 Å². The zero-order valence-corrected chi connectivity index (χ0v) is 11.7. The minimum atomic E-state index is 0.0945. The van der Waals surface area contributed by atoms with Gasteiger partial charge in [-0.2, -0.15) is 0 Å². The number of nitrogens with zero attached hydrogens (tertiary/aromatic N) is 1. The molecule has 2 rings (SSSR count). The van der Waals surface area contributed by atoms with Crippen molar-refractivity contribution in [1.82, 2.24) is 9.88 Å². The highest BCUT2D eigenvalue weighted by atomic mass is 16.1. The van der Waals surface area contributed by atoms with Gasteiger partial charge >= 0.3 is 0 Å². The summed E-state index contributed by atoms with van der Waals surface area (Å²) >= 11 is 0. The van der Waals surface area contributed by atoms with E-state index in [4.69, 9.17) is 0 Å². The second-order valence-electron chi connectivity index (χ2n) is 4.69. The fraction of sp³-hybridized carbons (Fsp3) is 0.312. The van der Waals surface area contributed by atoms with Gasteiger partial charge in [0.25, 0.3) is 0 Å². The van der Waals surface area contributed by atoms with Crippen molar-refractivity contribution in [3.8, 4) is 5.69 Å². The molecule has 0 amide bonds. The summed E-state index contributed by atoms with van der Waals surface area (Å²) < 4.78 is 2.10. The lowest BCUT2D eigenvalue weighted by molar-refractivity contribution is 0.793. The van der Waals surface area contributed by atoms with Gasteiger partial charge in [-0.25, -0.2) is 0 Å². The average Bonchev–Trinajstić information content (AvgIpc) is 2.42. The number of aromatic nitrogens is 1. The lowest BCUT2D eigenvalue weighted by atomic mass is 10.1. The van der Waals surface area contributed by atoms with Crippen molar-refractivity contribution < 1.29 is 0 Å². The molecule has 0 saturated carbocycles. The van der Waals surface area contributed by atoms with Crippen molar-refractivity contribution in [1.29, 1.82) is 0 Å². The third kappa shape index (κ3) is 2.76. The molecule has 0 aliphatic carbocycles. The summed E-state index contributed by atoms with van der Waals surface area (Å²) in [6.45, 7) is 4.70. The minimum Gasteiger partial charge on any atom is -0.320 e. The number of aryl methyl sites for hydroxylation is 2. The zero-order valence-electron chi connectivity index (χ0n) is 11.7. The Morgan fingerprint density at radius 1 is 1.21 bits per heavy atom. The van der Waals surface area contributed by atoms with Crippen LogP contribution in [-0.4, -0.2) is 11.6 Å². The molecule has 3 heteroatoms. The molecule has 0 spiro atoms. The Morgan fingerprint density at radius 2 is 1.95 bits per heavy atom. The van der Waals surface area contributed by atoms with Gasteiger partial charge in [0, 0.05) is 35.8 Å². The lowest BCUT2D eigenvalue weighted by Crippen LogP contribution is -2.19. The maximum absolute atomic E-state index is 11.9. The summed E-state index contributed by atoms with van der Waals surface area (Å²) in [6.07, 6.45) is 2.92. The molecule has 1 N–H and O–H groups in total. The summed E-state index contributed by atoms with van der Waals surface area (Å²) in [5.41, 5.74) is 4.28. The Morgan fingerprint density at radius 3 is 2.63 bits per heavy atom. The van der Waals surface area contributed by atoms with E-state index in [1.807, 2.05) is 26.2 Å². The maximum atomic E-state index is 11.9. The van der Waals surface area contributed by atoms with E-state index in [2.05, 4.69) is 35.0 Å². The Kier molecular flexibility index (Phi) is 4.17. The van der Waals surface area contributed by atoms with Gasteiger partial charge in [-0.1, -0.05) is 25.1 Å². The SMILES string of the molecule is CCc1ccccc1-n1cc(CNC)c(=O)cc1C. The molecule has 0 saturated heterocycles. The standard InChI is InChI=1S/C16H20N2O/c1-4-13-7-5-6-8-15(13)18-11-14(10-17-3)16(19)9-12(18)2/h5-9,11,17H,4,10H2,1-3H3. The van der Waals surface area contributed by atoms with E-state index in [0.29, 0.717) is 6.54 Å². The molecule has 0 fully saturated rings. The summed E-state index contributed by atoms with van der Waals surface area (Å²) in [6, 6.07) is 10.0. The largest absolute Gasteiger partial charge is 0.320 e. The van der Waals surface area contributed by atoms with Crippen molar-refractivity contribution in [2.45, 2.75) is 26.8 Å². The first-order valence-electron chi connectivity index (χ1n) is 6.62. The minimum absolute atomic E-state index is 0.0945. The van der Waals surface area contributed by atoms with Crippen LogP contribution in [-0.2, 0) is 13.0 Å². The van der Waals surface area contributed by atoms with Crippen LogP contribution >= 0.6 is 0 Å². The first-order valence-corrected chi connectivity index (χ1v) is 6.62. The highest BCUT2D eigenvalue weighted by Gasteiger charge is 2.07. The molecule has 0 unspecified atom stereocenters. The Balaban J connectivity index is 2.61. The molecule has 1 heterocycles. The van der Waals surface area contributed by atoms with Crippen molar-refractivity contribution in [3.63, 3.8) is 0 Å². The molecule has 2 aromatic rings. The first kappa shape index (κ1) is 13.6. The normalized spacial score (nSPS) is 10.7. The Bertz CT molecular complexity index is 629. The van der Waals surface area contributed by atoms with Crippen LogP contribution < -0.4 is 10.7 Å². The highest BCUT2D eigenvalue weighted by Crippen LogP contribution is 2.17. The van der Waals surface area contributed by atoms with E-state index in [-0.39, 0.29) is 5.43 Å². The van der Waals surface area contributed by atoms with Crippen LogP contribution in [0.3, 0.4) is 0 Å². The summed E-state index contributed by atoms with van der Waals surface area (Å²) in [4.78, 5) is 11.9. The highest BCUT2D eigenvalue weighted by molar-refractivity contribution is 5.43. The molecule has 3 nitrogen and oxygen atoms in total. The van der Waals surface area contributed by atoms with E-state index < -0.39 is 0 Å². The average molecular weight is 256 g/mol. The molecule has 1 aromatic heterocycles. The molecular formula is C16H20N2O. The number of nitrogens with one attached hydrogen (secondary N) is 1. The van der Waals surface area contributed by atoms with Crippen LogP contribution in [0.15, 0.2) is 41.3 Å². The molecule has 0 aliphatic rings. The monoisotopic (exact) mass is 256 g/mol. The number of hydrogen-bond acceptors (Lipinski definition) is 2. The van der Waals surface area contributed by atoms with Crippen molar-refractivity contribution in [3.05, 3.63) is 63.6 Å². The smallest absolute Gasteiger partial charge is 0.186 e. The van der Waals surface area contributed by atoms with Crippen molar-refractivity contribution in [2.24, 2.45) is 0 Å². The number of rotatable bonds is 4. The number of benzene rings is 1. The number of pyridine rings is 1. The van der Waals surface area contributed by atoms with Gasteiger partial charge in [0.15, 0.2) is 5.43 Å². The van der Waals surface area contributed by atoms with Gasteiger partial charge in [-0.3, -0.25) is 4.79 Å². The lowest BCUT2D eigenvalue weighted by Gasteiger charge is -2.16. The second kappa shape index (κ2) is 5.85. The van der Waals surface area contributed by atoms with E-state index >= 15 is 0 Å². The molecule has 1 aromatic carbocycles. The third-order valence-electron chi connectivity index (χ3n) is 3.32. The summed E-state index contributed by atoms with van der Waals surface area (Å²) in [5.74, 6) is 0. The molecule has 0 aliphatic heterocycles. The topological polar surface area (TPSA) is 34.0 Å². The predicted octanol–water partition coefficient (Wildman–Crippen LogP) is 2.43. The Labute approximate surface area is 113 Å². The third-order valence-corrected chi connectivity index (χ3v) is 3.32. The van der Waals surface area contributed by atoms with E-state index in [9.17, 15) is 4.79 Å². The summed E-state index contributed by atoms with van der Waals surface area (Å²) in [5, 5.41) is 3.04. The second-order valence-corrected chi connectivity index (χ2v) is 4.69. The molecular weight excluding hydrogens is 236 g/mol. The predicted molar refractivity (Wildman–Crippen MR) is 78.9 cm³/mol. The van der Waals surface area contributed by atoms with E-state index in [1.54, 1.807) is 6.07 Å². The van der Waals surface area contributed by atoms with Crippen LogP contribution in [0.5, 0.6) is 0 Å². The van der Waals surface area contributed by atoms with E-state index in [0.717, 1.165) is 23.4 Å². The molecule has 0 bridgehead atoms. The van der Waals surface area contributed by atoms with Crippen LogP contribution in [0, 0.1) is 6.92 Å². The fourth-order valence-corrected chi connectivity index (χ4v) is 2.30. The van der Waals surface area contributed by atoms with Crippen molar-refractivity contribution >= 4 is 0 Å². The molecule has 100 valence electrons. The summed E-state index contributed by atoms with van der Waals surface area (Å²) in [7, 11) is 1.85.